The van der Waals surface area contributed by atoms with E-state index in [-0.39, 0.29) is 6.04 Å². The predicted octanol–water partition coefficient (Wildman–Crippen LogP) is 1.36. The zero-order valence-corrected chi connectivity index (χ0v) is 15.5. The number of nitrogens with zero attached hydrogens (tertiary/aromatic N) is 2. The fourth-order valence-electron chi connectivity index (χ4n) is 2.81. The lowest BCUT2D eigenvalue weighted by atomic mass is 10.1. The van der Waals surface area contributed by atoms with Gasteiger partial charge in [-0.25, -0.2) is 0 Å². The first-order valence-corrected chi connectivity index (χ1v) is 8.59. The molecule has 0 spiro atoms. The van der Waals surface area contributed by atoms with Crippen LogP contribution in [-0.4, -0.2) is 57.6 Å². The average molecular weight is 344 g/mol. The molecule has 0 aliphatic carbocycles. The molecule has 0 heterocycles. The molecule has 0 fully saturated rings. The molecule has 0 amide bonds. The Morgan fingerprint density at radius 3 is 2.08 bits per heavy atom. The van der Waals surface area contributed by atoms with Gasteiger partial charge in [0, 0.05) is 13.1 Å². The molecule has 136 valence electrons. The zero-order chi connectivity index (χ0) is 18.4. The molecule has 2 N–H and O–H groups in total. The molecule has 1 atom stereocenters. The smallest absolute Gasteiger partial charge is 0.253 e. The second-order valence-electron chi connectivity index (χ2n) is 6.76. The van der Waals surface area contributed by atoms with E-state index in [0.29, 0.717) is 24.5 Å². The highest BCUT2D eigenvalue weighted by Crippen LogP contribution is 2.20. The molecule has 2 aromatic rings. The Labute approximate surface area is 149 Å². The van der Waals surface area contributed by atoms with E-state index in [1.807, 2.05) is 46.4 Å². The van der Waals surface area contributed by atoms with E-state index in [1.54, 1.807) is 0 Å². The van der Waals surface area contributed by atoms with Crippen LogP contribution in [0.5, 0.6) is 0 Å². The van der Waals surface area contributed by atoms with Crippen LogP contribution >= 0.6 is 0 Å². The van der Waals surface area contributed by atoms with Gasteiger partial charge < -0.3 is 20.4 Å². The van der Waals surface area contributed by atoms with E-state index < -0.39 is 10.9 Å². The second kappa shape index (κ2) is 8.78. The van der Waals surface area contributed by atoms with Crippen molar-refractivity contribution in [1.82, 2.24) is 9.80 Å². The van der Waals surface area contributed by atoms with Gasteiger partial charge in [-0.2, -0.15) is 0 Å². The van der Waals surface area contributed by atoms with Crippen LogP contribution in [0.25, 0.3) is 0 Å². The van der Waals surface area contributed by atoms with Gasteiger partial charge >= 0.3 is 0 Å². The molecule has 0 aromatic heterocycles. The minimum absolute atomic E-state index is 0.118. The van der Waals surface area contributed by atoms with Crippen LogP contribution in [-0.2, 0) is 0 Å². The third-order valence-electron chi connectivity index (χ3n) is 4.27. The van der Waals surface area contributed by atoms with Crippen LogP contribution in [0, 0.1) is 0 Å². The highest BCUT2D eigenvalue weighted by Gasteiger charge is 2.22. The fraction of sp³-hybridized carbons (Fsp3) is 0.474. The summed E-state index contributed by atoms with van der Waals surface area (Å²) in [5.74, 6) is 0. The maximum absolute atomic E-state index is 11.9. The topological polar surface area (TPSA) is 64.7 Å². The van der Waals surface area contributed by atoms with Gasteiger partial charge in [-0.3, -0.25) is 9.59 Å². The number of hydrogen-bond donors (Lipinski definition) is 2. The summed E-state index contributed by atoms with van der Waals surface area (Å²) in [6.07, 6.45) is 0.912. The van der Waals surface area contributed by atoms with Crippen LogP contribution in [0.4, 0.5) is 11.4 Å². The zero-order valence-electron chi connectivity index (χ0n) is 15.5. The largest absolute Gasteiger partial charge is 0.380 e. The quantitative estimate of drug-likeness (QED) is 0.501. The number of likely N-dealkylation sites (N-methyl/N-ethyl adjacent to an activating group) is 1. The van der Waals surface area contributed by atoms with E-state index in [9.17, 15) is 9.59 Å². The number of hydrogen-bond acceptors (Lipinski definition) is 6. The molecule has 0 aliphatic rings. The molecule has 0 saturated heterocycles. The van der Waals surface area contributed by atoms with Gasteiger partial charge in [0.2, 0.25) is 0 Å². The lowest BCUT2D eigenvalue weighted by Crippen LogP contribution is -2.39. The summed E-state index contributed by atoms with van der Waals surface area (Å²) in [5, 5.41) is 6.28. The minimum atomic E-state index is -0.430. The summed E-state index contributed by atoms with van der Waals surface area (Å²) in [4.78, 5) is 27.9. The molecule has 25 heavy (non-hydrogen) atoms. The maximum Gasteiger partial charge on any atom is 0.253 e. The first-order valence-electron chi connectivity index (χ1n) is 8.59. The van der Waals surface area contributed by atoms with Crippen LogP contribution < -0.4 is 21.5 Å². The van der Waals surface area contributed by atoms with Crippen molar-refractivity contribution >= 4 is 11.4 Å². The van der Waals surface area contributed by atoms with Crippen molar-refractivity contribution in [2.45, 2.75) is 12.5 Å². The van der Waals surface area contributed by atoms with Crippen molar-refractivity contribution < 1.29 is 0 Å². The van der Waals surface area contributed by atoms with Crippen LogP contribution in [0.3, 0.4) is 0 Å². The summed E-state index contributed by atoms with van der Waals surface area (Å²) < 4.78 is 0. The maximum atomic E-state index is 11.9. The van der Waals surface area contributed by atoms with E-state index >= 15 is 0 Å². The lowest BCUT2D eigenvalue weighted by molar-refractivity contribution is 0.312. The summed E-state index contributed by atoms with van der Waals surface area (Å²) in [6, 6.07) is 10.2. The Morgan fingerprint density at radius 1 is 0.920 bits per heavy atom. The van der Waals surface area contributed by atoms with Crippen molar-refractivity contribution in [2.24, 2.45) is 0 Å². The Bertz CT molecular complexity index is 734. The third-order valence-corrected chi connectivity index (χ3v) is 4.27. The molecule has 2 aromatic carbocycles. The van der Waals surface area contributed by atoms with Crippen molar-refractivity contribution in [3.8, 4) is 0 Å². The number of anilines is 2. The summed E-state index contributed by atoms with van der Waals surface area (Å²) in [5.41, 5.74) is 1.15. The molecule has 6 heteroatoms. The fourth-order valence-corrected chi connectivity index (χ4v) is 2.81. The van der Waals surface area contributed by atoms with E-state index in [2.05, 4.69) is 32.6 Å². The molecule has 0 radical (unpaired) electrons. The first kappa shape index (κ1) is 19.1. The molecule has 0 aliphatic heterocycles. The minimum Gasteiger partial charge on any atom is -0.380 e. The summed E-state index contributed by atoms with van der Waals surface area (Å²) in [7, 11) is 8.02. The van der Waals surface area contributed by atoms with E-state index in [4.69, 9.17) is 0 Å². The molecular weight excluding hydrogens is 316 g/mol. The molecule has 2 rings (SSSR count). The molecule has 6 nitrogen and oxygen atoms in total. The number of benzene rings is 1. The molecule has 0 bridgehead atoms. The van der Waals surface area contributed by atoms with Crippen LogP contribution in [0.2, 0.25) is 0 Å². The highest BCUT2D eigenvalue weighted by molar-refractivity contribution is 5.74. The van der Waals surface area contributed by atoms with Crippen molar-refractivity contribution in [2.75, 3.05) is 58.5 Å². The molecule has 0 unspecified atom stereocenters. The standard InChI is InChI=1S/C19H28N4O2/c1-22(2)12-8-11-20-16-17(19(25)18(16)24)21-13-15(23(3)4)14-9-6-5-7-10-14/h5-7,9-10,15,20-21H,8,11-13H2,1-4H3/t15-/m0/s1. The monoisotopic (exact) mass is 344 g/mol. The third kappa shape index (κ3) is 4.90. The first-order chi connectivity index (χ1) is 11.9. The van der Waals surface area contributed by atoms with Gasteiger partial charge in [0.1, 0.15) is 11.4 Å². The molecule has 0 saturated carbocycles. The lowest BCUT2D eigenvalue weighted by Gasteiger charge is -2.26. The number of nitrogens with one attached hydrogen (secondary N) is 2. The second-order valence-corrected chi connectivity index (χ2v) is 6.76. The van der Waals surface area contributed by atoms with Crippen LogP contribution in [0.1, 0.15) is 18.0 Å². The Morgan fingerprint density at radius 2 is 1.52 bits per heavy atom. The van der Waals surface area contributed by atoms with Crippen molar-refractivity contribution in [1.29, 1.82) is 0 Å². The van der Waals surface area contributed by atoms with Crippen LogP contribution in [0.15, 0.2) is 39.9 Å². The Kier molecular flexibility index (Phi) is 6.73. The SMILES string of the molecule is CN(C)CCCNc1c(NC[C@@H](c2ccccc2)N(C)C)c(=O)c1=O. The van der Waals surface area contributed by atoms with Gasteiger partial charge in [-0.05, 0) is 46.7 Å². The van der Waals surface area contributed by atoms with Gasteiger partial charge in [0.05, 0.1) is 6.04 Å². The number of rotatable bonds is 10. The summed E-state index contributed by atoms with van der Waals surface area (Å²) >= 11 is 0. The van der Waals surface area contributed by atoms with Crippen molar-refractivity contribution in [3.63, 3.8) is 0 Å². The van der Waals surface area contributed by atoms with Gasteiger partial charge in [0.25, 0.3) is 10.9 Å². The van der Waals surface area contributed by atoms with E-state index in [0.717, 1.165) is 13.0 Å². The van der Waals surface area contributed by atoms with Crippen molar-refractivity contribution in [3.05, 3.63) is 56.3 Å². The Hall–Kier alpha value is -2.18. The van der Waals surface area contributed by atoms with E-state index in [1.165, 1.54) is 5.56 Å². The highest BCUT2D eigenvalue weighted by atomic mass is 16.2. The molecular formula is C19H28N4O2. The average Bonchev–Trinajstić information content (AvgIpc) is 2.59. The predicted molar refractivity (Wildman–Crippen MR) is 104 cm³/mol. The Balaban J connectivity index is 1.99. The van der Waals surface area contributed by atoms with Gasteiger partial charge in [-0.1, -0.05) is 30.3 Å². The normalized spacial score (nSPS) is 12.7. The summed E-state index contributed by atoms with van der Waals surface area (Å²) in [6.45, 7) is 2.17. The van der Waals surface area contributed by atoms with Gasteiger partial charge in [0.15, 0.2) is 0 Å². The van der Waals surface area contributed by atoms with Gasteiger partial charge in [-0.15, -0.1) is 0 Å².